The highest BCUT2D eigenvalue weighted by molar-refractivity contribution is 7.80. The van der Waals surface area contributed by atoms with Crippen molar-refractivity contribution in [2.24, 2.45) is 5.92 Å². The van der Waals surface area contributed by atoms with Crippen LogP contribution in [0.2, 0.25) is 0 Å². The lowest BCUT2D eigenvalue weighted by atomic mass is 9.85. The van der Waals surface area contributed by atoms with Crippen LogP contribution in [0.3, 0.4) is 0 Å². The van der Waals surface area contributed by atoms with Crippen molar-refractivity contribution in [2.75, 3.05) is 13.1 Å². The number of likely N-dealkylation sites (tertiary alicyclic amines) is 1. The van der Waals surface area contributed by atoms with E-state index in [2.05, 4.69) is 17.9 Å². The average molecular weight is 290 g/mol. The summed E-state index contributed by atoms with van der Waals surface area (Å²) in [6.07, 6.45) is 2.30. The summed E-state index contributed by atoms with van der Waals surface area (Å²) in [4.78, 5) is 26.6. The Morgan fingerprint density at radius 2 is 2.10 bits per heavy atom. The Hall–Kier alpha value is -1.49. The zero-order chi connectivity index (χ0) is 14.1. The van der Waals surface area contributed by atoms with Crippen LogP contribution in [0.25, 0.3) is 0 Å². The molecule has 2 unspecified atom stereocenters. The minimum atomic E-state index is 0.0472. The SMILES string of the molecule is O=C1CCC2CN(C(=O)c3ccccc3S)CCC2N1. The van der Waals surface area contributed by atoms with Crippen LogP contribution in [-0.4, -0.2) is 35.8 Å². The highest BCUT2D eigenvalue weighted by atomic mass is 32.1. The van der Waals surface area contributed by atoms with Crippen LogP contribution >= 0.6 is 12.6 Å². The molecule has 2 aliphatic rings. The first-order chi connectivity index (χ1) is 9.65. The third kappa shape index (κ3) is 2.54. The summed E-state index contributed by atoms with van der Waals surface area (Å²) >= 11 is 4.36. The molecule has 0 radical (unpaired) electrons. The largest absolute Gasteiger partial charge is 0.353 e. The van der Waals surface area contributed by atoms with Crippen molar-refractivity contribution < 1.29 is 9.59 Å². The molecule has 2 aliphatic heterocycles. The first-order valence-corrected chi connectivity index (χ1v) is 7.46. The molecule has 0 aliphatic carbocycles. The highest BCUT2D eigenvalue weighted by Crippen LogP contribution is 2.27. The van der Waals surface area contributed by atoms with Crippen LogP contribution in [-0.2, 0) is 4.79 Å². The molecule has 0 aromatic heterocycles. The molecule has 20 heavy (non-hydrogen) atoms. The van der Waals surface area contributed by atoms with Crippen LogP contribution in [0.1, 0.15) is 29.6 Å². The summed E-state index contributed by atoms with van der Waals surface area (Å²) in [5.41, 5.74) is 0.661. The smallest absolute Gasteiger partial charge is 0.254 e. The fraction of sp³-hybridized carbons (Fsp3) is 0.467. The quantitative estimate of drug-likeness (QED) is 0.774. The Labute approximate surface area is 123 Å². The lowest BCUT2D eigenvalue weighted by Gasteiger charge is -2.41. The van der Waals surface area contributed by atoms with Gasteiger partial charge in [-0.1, -0.05) is 12.1 Å². The van der Waals surface area contributed by atoms with Crippen molar-refractivity contribution >= 4 is 24.4 Å². The predicted molar refractivity (Wildman–Crippen MR) is 78.9 cm³/mol. The normalized spacial score (nSPS) is 25.9. The number of thiol groups is 1. The Morgan fingerprint density at radius 3 is 2.90 bits per heavy atom. The molecule has 1 N–H and O–H groups in total. The number of nitrogens with one attached hydrogen (secondary N) is 1. The van der Waals surface area contributed by atoms with Gasteiger partial charge in [-0.3, -0.25) is 9.59 Å². The number of fused-ring (bicyclic) bond motifs is 1. The van der Waals surface area contributed by atoms with Crippen LogP contribution in [0.5, 0.6) is 0 Å². The van der Waals surface area contributed by atoms with Crippen LogP contribution in [0, 0.1) is 5.92 Å². The summed E-state index contributed by atoms with van der Waals surface area (Å²) in [6, 6.07) is 7.64. The van der Waals surface area contributed by atoms with Gasteiger partial charge in [-0.15, -0.1) is 12.6 Å². The van der Waals surface area contributed by atoms with E-state index in [0.29, 0.717) is 24.4 Å². The standard InChI is InChI=1S/C15H18N2O2S/c18-14-6-5-10-9-17(8-7-12(10)16-14)15(19)11-3-1-2-4-13(11)20/h1-4,10,12,20H,5-9H2,(H,16,18). The van der Waals surface area contributed by atoms with E-state index in [-0.39, 0.29) is 17.9 Å². The maximum absolute atomic E-state index is 12.5. The molecule has 0 spiro atoms. The summed E-state index contributed by atoms with van der Waals surface area (Å²) < 4.78 is 0. The third-order valence-corrected chi connectivity index (χ3v) is 4.63. The van der Waals surface area contributed by atoms with Crippen LogP contribution in [0.15, 0.2) is 29.2 Å². The summed E-state index contributed by atoms with van der Waals surface area (Å²) in [7, 11) is 0. The van der Waals surface area contributed by atoms with Crippen LogP contribution in [0.4, 0.5) is 0 Å². The number of hydrogen-bond donors (Lipinski definition) is 2. The number of piperidine rings is 2. The fourth-order valence-corrected chi connectivity index (χ4v) is 3.38. The second kappa shape index (κ2) is 5.48. The third-order valence-electron chi connectivity index (χ3n) is 4.24. The molecule has 2 saturated heterocycles. The Kier molecular flexibility index (Phi) is 3.70. The molecule has 2 amide bonds. The molecule has 1 aromatic carbocycles. The van der Waals surface area contributed by atoms with Crippen molar-refractivity contribution in [1.82, 2.24) is 10.2 Å². The van der Waals surface area contributed by atoms with Crippen molar-refractivity contribution in [1.29, 1.82) is 0 Å². The van der Waals surface area contributed by atoms with Gasteiger partial charge in [-0.2, -0.15) is 0 Å². The van der Waals surface area contributed by atoms with E-state index in [0.717, 1.165) is 24.3 Å². The van der Waals surface area contributed by atoms with E-state index in [9.17, 15) is 9.59 Å². The molecule has 106 valence electrons. The van der Waals surface area contributed by atoms with E-state index < -0.39 is 0 Å². The number of amides is 2. The monoisotopic (exact) mass is 290 g/mol. The van der Waals surface area contributed by atoms with Gasteiger partial charge < -0.3 is 10.2 Å². The van der Waals surface area contributed by atoms with Gasteiger partial charge in [0.05, 0.1) is 5.56 Å². The molecule has 5 heteroatoms. The summed E-state index contributed by atoms with van der Waals surface area (Å²) in [6.45, 7) is 1.42. The first kappa shape index (κ1) is 13.5. The minimum Gasteiger partial charge on any atom is -0.353 e. The van der Waals surface area contributed by atoms with Gasteiger partial charge in [0, 0.05) is 30.4 Å². The molecule has 2 fully saturated rings. The average Bonchev–Trinajstić information content (AvgIpc) is 2.46. The number of carbonyl (C=O) groups excluding carboxylic acids is 2. The molecular formula is C15H18N2O2S. The fourth-order valence-electron chi connectivity index (χ4n) is 3.12. The number of nitrogens with zero attached hydrogens (tertiary/aromatic N) is 1. The first-order valence-electron chi connectivity index (χ1n) is 7.02. The van der Waals surface area contributed by atoms with E-state index in [1.165, 1.54) is 0 Å². The summed E-state index contributed by atoms with van der Waals surface area (Å²) in [5.74, 6) is 0.579. The molecule has 1 aromatic rings. The lowest BCUT2D eigenvalue weighted by molar-refractivity contribution is -0.125. The van der Waals surface area contributed by atoms with Gasteiger partial charge in [0.1, 0.15) is 0 Å². The Balaban J connectivity index is 1.72. The van der Waals surface area contributed by atoms with E-state index in [4.69, 9.17) is 0 Å². The molecule has 3 rings (SSSR count). The van der Waals surface area contributed by atoms with Crippen molar-refractivity contribution in [3.8, 4) is 0 Å². The molecule has 4 nitrogen and oxygen atoms in total. The van der Waals surface area contributed by atoms with Gasteiger partial charge in [0.25, 0.3) is 5.91 Å². The second-order valence-corrected chi connectivity index (χ2v) is 6.01. The lowest BCUT2D eigenvalue weighted by Crippen LogP contribution is -2.55. The van der Waals surface area contributed by atoms with E-state index in [1.807, 2.05) is 29.2 Å². The predicted octanol–water partition coefficient (Wildman–Crippen LogP) is 1.72. The van der Waals surface area contributed by atoms with Gasteiger partial charge in [-0.05, 0) is 30.9 Å². The Bertz CT molecular complexity index is 546. The minimum absolute atomic E-state index is 0.0472. The molecule has 2 atom stereocenters. The zero-order valence-corrected chi connectivity index (χ0v) is 12.1. The molecule has 2 heterocycles. The van der Waals surface area contributed by atoms with Gasteiger partial charge in [-0.25, -0.2) is 0 Å². The Morgan fingerprint density at radius 1 is 1.30 bits per heavy atom. The molecule has 0 saturated carbocycles. The maximum atomic E-state index is 12.5. The number of carbonyl (C=O) groups is 2. The number of hydrogen-bond acceptors (Lipinski definition) is 3. The topological polar surface area (TPSA) is 49.4 Å². The van der Waals surface area contributed by atoms with E-state index >= 15 is 0 Å². The molecule has 0 bridgehead atoms. The van der Waals surface area contributed by atoms with Crippen LogP contribution < -0.4 is 5.32 Å². The highest BCUT2D eigenvalue weighted by Gasteiger charge is 2.35. The van der Waals surface area contributed by atoms with Gasteiger partial charge in [0.2, 0.25) is 5.91 Å². The summed E-state index contributed by atoms with van der Waals surface area (Å²) in [5, 5.41) is 3.04. The number of benzene rings is 1. The zero-order valence-electron chi connectivity index (χ0n) is 11.2. The van der Waals surface area contributed by atoms with Crippen molar-refractivity contribution in [3.63, 3.8) is 0 Å². The van der Waals surface area contributed by atoms with Gasteiger partial charge in [0.15, 0.2) is 0 Å². The number of rotatable bonds is 1. The van der Waals surface area contributed by atoms with Crippen molar-refractivity contribution in [2.45, 2.75) is 30.2 Å². The van der Waals surface area contributed by atoms with Gasteiger partial charge >= 0.3 is 0 Å². The maximum Gasteiger partial charge on any atom is 0.254 e. The second-order valence-electron chi connectivity index (χ2n) is 5.53. The van der Waals surface area contributed by atoms with E-state index in [1.54, 1.807) is 0 Å². The molecular weight excluding hydrogens is 272 g/mol. The van der Waals surface area contributed by atoms with Crippen molar-refractivity contribution in [3.05, 3.63) is 29.8 Å².